The van der Waals surface area contributed by atoms with Crippen LogP contribution in [0.25, 0.3) is 0 Å². The van der Waals surface area contributed by atoms with Gasteiger partial charge in [0.15, 0.2) is 0 Å². The summed E-state index contributed by atoms with van der Waals surface area (Å²) in [6, 6.07) is 6.32. The highest BCUT2D eigenvalue weighted by molar-refractivity contribution is 5.56. The van der Waals surface area contributed by atoms with E-state index in [1.807, 2.05) is 18.2 Å². The molecule has 1 saturated heterocycles. The molecule has 0 spiro atoms. The first-order valence-corrected chi connectivity index (χ1v) is 6.29. The van der Waals surface area contributed by atoms with E-state index in [1.54, 1.807) is 7.11 Å². The maximum atomic E-state index is 7.27. The number of benzene rings is 1. The van der Waals surface area contributed by atoms with Crippen LogP contribution >= 0.6 is 0 Å². The number of rotatable bonds is 3. The highest BCUT2D eigenvalue weighted by Gasteiger charge is 2.16. The lowest BCUT2D eigenvalue weighted by atomic mass is 10.0. The van der Waals surface area contributed by atoms with Crippen molar-refractivity contribution in [2.24, 2.45) is 0 Å². The van der Waals surface area contributed by atoms with E-state index in [4.69, 9.17) is 11.2 Å². The third-order valence-electron chi connectivity index (χ3n) is 3.42. The van der Waals surface area contributed by atoms with E-state index in [1.165, 1.54) is 0 Å². The van der Waals surface area contributed by atoms with E-state index in [2.05, 4.69) is 23.2 Å². The van der Waals surface area contributed by atoms with Crippen molar-refractivity contribution in [3.8, 4) is 11.7 Å². The zero-order valence-corrected chi connectivity index (χ0v) is 11.0. The number of nitrogens with zero attached hydrogens (tertiary/aromatic N) is 1. The van der Waals surface area contributed by atoms with Crippen molar-refractivity contribution in [2.45, 2.75) is 18.9 Å². The van der Waals surface area contributed by atoms with Crippen LogP contribution in [-0.2, 0) is 0 Å². The third-order valence-corrected chi connectivity index (χ3v) is 3.42. The minimum Gasteiger partial charge on any atom is -0.495 e. The lowest BCUT2D eigenvalue weighted by Crippen LogP contribution is -2.36. The van der Waals surface area contributed by atoms with Crippen LogP contribution in [0.2, 0.25) is 0 Å². The molecule has 0 aliphatic carbocycles. The Hall–Kier alpha value is -1.66. The number of hydrogen-bond acceptors (Lipinski definition) is 3. The van der Waals surface area contributed by atoms with E-state index >= 15 is 0 Å². The SMILES string of the molecule is [C]#Cc1cc(NC2CCN(C)CC2)ccc1OC. The molecule has 1 aliphatic rings. The number of methoxy groups -OCH3 is 1. The molecule has 0 saturated carbocycles. The summed E-state index contributed by atoms with van der Waals surface area (Å²) in [5.41, 5.74) is 1.73. The van der Waals surface area contributed by atoms with Crippen LogP contribution in [0.15, 0.2) is 18.2 Å². The monoisotopic (exact) mass is 243 g/mol. The maximum absolute atomic E-state index is 7.27. The minimum atomic E-state index is 0.521. The summed E-state index contributed by atoms with van der Waals surface area (Å²) in [4.78, 5) is 2.35. The van der Waals surface area contributed by atoms with Crippen molar-refractivity contribution in [3.63, 3.8) is 0 Å². The molecule has 18 heavy (non-hydrogen) atoms. The Morgan fingerprint density at radius 3 is 2.72 bits per heavy atom. The Kier molecular flexibility index (Phi) is 4.11. The van der Waals surface area contributed by atoms with E-state index in [0.717, 1.165) is 31.6 Å². The molecule has 0 unspecified atom stereocenters. The van der Waals surface area contributed by atoms with Gasteiger partial charge in [-0.1, -0.05) is 0 Å². The highest BCUT2D eigenvalue weighted by atomic mass is 16.5. The number of ether oxygens (including phenoxy) is 1. The van der Waals surface area contributed by atoms with Crippen LogP contribution < -0.4 is 10.1 Å². The smallest absolute Gasteiger partial charge is 0.134 e. The van der Waals surface area contributed by atoms with Gasteiger partial charge in [-0.05, 0) is 63.5 Å². The first-order chi connectivity index (χ1) is 8.72. The van der Waals surface area contributed by atoms with Crippen LogP contribution in [0.4, 0.5) is 5.69 Å². The van der Waals surface area contributed by atoms with Crippen molar-refractivity contribution in [1.29, 1.82) is 0 Å². The van der Waals surface area contributed by atoms with E-state index < -0.39 is 0 Å². The van der Waals surface area contributed by atoms with Gasteiger partial charge in [-0.2, -0.15) is 0 Å². The van der Waals surface area contributed by atoms with Gasteiger partial charge in [-0.25, -0.2) is 0 Å². The van der Waals surface area contributed by atoms with E-state index in [9.17, 15) is 0 Å². The Morgan fingerprint density at radius 1 is 1.39 bits per heavy atom. The quantitative estimate of drug-likeness (QED) is 0.823. The molecule has 1 radical (unpaired) electrons. The summed E-state index contributed by atoms with van der Waals surface area (Å²) < 4.78 is 5.18. The van der Waals surface area contributed by atoms with Gasteiger partial charge in [0, 0.05) is 11.7 Å². The molecule has 1 aliphatic heterocycles. The molecule has 0 amide bonds. The normalized spacial score (nSPS) is 17.2. The summed E-state index contributed by atoms with van der Waals surface area (Å²) in [6.07, 6.45) is 9.58. The Morgan fingerprint density at radius 2 is 2.11 bits per heavy atom. The standard InChI is InChI=1S/C15H19N2O/c1-4-12-11-14(5-6-15(12)18-3)16-13-7-9-17(2)10-8-13/h5-6,11,13,16H,7-10H2,2-3H3. The number of nitrogens with one attached hydrogen (secondary N) is 1. The molecule has 95 valence electrons. The van der Waals surface area contributed by atoms with Crippen LogP contribution in [0.3, 0.4) is 0 Å². The summed E-state index contributed by atoms with van der Waals surface area (Å²) >= 11 is 0. The molecule has 2 rings (SSSR count). The van der Waals surface area contributed by atoms with Gasteiger partial charge in [0.25, 0.3) is 0 Å². The molecule has 1 aromatic rings. The molecule has 3 heteroatoms. The predicted octanol–water partition coefficient (Wildman–Crippen LogP) is 2.14. The predicted molar refractivity (Wildman–Crippen MR) is 73.4 cm³/mol. The zero-order chi connectivity index (χ0) is 13.0. The molecule has 0 atom stereocenters. The Balaban J connectivity index is 2.04. The molecular weight excluding hydrogens is 224 g/mol. The first kappa shape index (κ1) is 12.8. The summed E-state index contributed by atoms with van der Waals surface area (Å²) in [6.45, 7) is 2.27. The molecule has 0 aromatic heterocycles. The number of hydrogen-bond donors (Lipinski definition) is 1. The number of anilines is 1. The van der Waals surface area contributed by atoms with Crippen molar-refractivity contribution in [2.75, 3.05) is 32.6 Å². The van der Waals surface area contributed by atoms with Gasteiger partial charge in [-0.3, -0.25) is 0 Å². The Labute approximate surface area is 109 Å². The third kappa shape index (κ3) is 2.96. The van der Waals surface area contributed by atoms with Gasteiger partial charge in [0.2, 0.25) is 0 Å². The number of likely N-dealkylation sites (tertiary alicyclic amines) is 1. The molecule has 1 aromatic carbocycles. The van der Waals surface area contributed by atoms with Crippen molar-refractivity contribution in [3.05, 3.63) is 30.2 Å². The van der Waals surface area contributed by atoms with Crippen LogP contribution in [0.5, 0.6) is 5.75 Å². The van der Waals surface area contributed by atoms with Crippen LogP contribution in [0.1, 0.15) is 18.4 Å². The minimum absolute atomic E-state index is 0.521. The van der Waals surface area contributed by atoms with Crippen molar-refractivity contribution < 1.29 is 4.74 Å². The second-order valence-corrected chi connectivity index (χ2v) is 4.76. The summed E-state index contributed by atoms with van der Waals surface area (Å²) in [7, 11) is 3.77. The van der Waals surface area contributed by atoms with E-state index in [0.29, 0.717) is 17.4 Å². The molecule has 1 N–H and O–H groups in total. The maximum Gasteiger partial charge on any atom is 0.134 e. The molecular formula is C15H19N2O. The highest BCUT2D eigenvalue weighted by Crippen LogP contribution is 2.23. The topological polar surface area (TPSA) is 24.5 Å². The van der Waals surface area contributed by atoms with Crippen molar-refractivity contribution in [1.82, 2.24) is 4.90 Å². The van der Waals surface area contributed by atoms with Gasteiger partial charge in [0.1, 0.15) is 5.75 Å². The van der Waals surface area contributed by atoms with Gasteiger partial charge < -0.3 is 15.0 Å². The molecule has 1 heterocycles. The van der Waals surface area contributed by atoms with Crippen LogP contribution in [0, 0.1) is 12.3 Å². The lowest BCUT2D eigenvalue weighted by Gasteiger charge is -2.30. The molecule has 1 fully saturated rings. The van der Waals surface area contributed by atoms with Gasteiger partial charge >= 0.3 is 0 Å². The lowest BCUT2D eigenvalue weighted by molar-refractivity contribution is 0.264. The molecule has 0 bridgehead atoms. The summed E-state index contributed by atoms with van der Waals surface area (Å²) in [5.74, 6) is 3.10. The van der Waals surface area contributed by atoms with E-state index in [-0.39, 0.29) is 0 Å². The number of piperidine rings is 1. The fraction of sp³-hybridized carbons (Fsp3) is 0.467. The average Bonchev–Trinajstić information content (AvgIpc) is 2.41. The first-order valence-electron chi connectivity index (χ1n) is 6.29. The van der Waals surface area contributed by atoms with Gasteiger partial charge in [0.05, 0.1) is 12.7 Å². The average molecular weight is 243 g/mol. The molecule has 3 nitrogen and oxygen atoms in total. The Bertz CT molecular complexity index is 442. The zero-order valence-electron chi connectivity index (χ0n) is 11.0. The van der Waals surface area contributed by atoms with Crippen LogP contribution in [-0.4, -0.2) is 38.2 Å². The second kappa shape index (κ2) is 5.79. The fourth-order valence-electron chi connectivity index (χ4n) is 2.28. The second-order valence-electron chi connectivity index (χ2n) is 4.76. The van der Waals surface area contributed by atoms with Crippen molar-refractivity contribution >= 4 is 5.69 Å². The largest absolute Gasteiger partial charge is 0.495 e. The van der Waals surface area contributed by atoms with Gasteiger partial charge in [-0.15, -0.1) is 0 Å². The fourth-order valence-corrected chi connectivity index (χ4v) is 2.28. The summed E-state index contributed by atoms with van der Waals surface area (Å²) in [5, 5.41) is 3.52.